The summed E-state index contributed by atoms with van der Waals surface area (Å²) in [6.07, 6.45) is 0. The summed E-state index contributed by atoms with van der Waals surface area (Å²) in [5, 5.41) is 0.962. The smallest absolute Gasteiger partial charge is 0.236 e. The topological polar surface area (TPSA) is 39.1 Å². The molecule has 1 aromatic heterocycles. The Morgan fingerprint density at radius 1 is 0.719 bits per heavy atom. The minimum Gasteiger partial charge on any atom is -0.236 e. The first-order chi connectivity index (χ1) is 15.6. The summed E-state index contributed by atoms with van der Waals surface area (Å²) in [6.45, 7) is 1.96. The van der Waals surface area contributed by atoms with E-state index < -0.39 is 10.0 Å². The Labute approximate surface area is 187 Å². The second-order valence-electron chi connectivity index (χ2n) is 8.29. The van der Waals surface area contributed by atoms with Crippen LogP contribution < -0.4 is 0 Å². The molecule has 4 heteroatoms. The molecule has 1 aliphatic rings. The van der Waals surface area contributed by atoms with E-state index in [9.17, 15) is 8.42 Å². The van der Waals surface area contributed by atoms with Crippen molar-refractivity contribution in [2.24, 2.45) is 0 Å². The summed E-state index contributed by atoms with van der Waals surface area (Å²) in [4.78, 5) is 0.300. The van der Waals surface area contributed by atoms with Crippen LogP contribution in [0.5, 0.6) is 0 Å². The third kappa shape index (κ3) is 2.63. The molecule has 0 bridgehead atoms. The van der Waals surface area contributed by atoms with E-state index in [1.807, 2.05) is 73.7 Å². The van der Waals surface area contributed by atoms with E-state index in [1.54, 1.807) is 16.1 Å². The Bertz CT molecular complexity index is 1580. The Morgan fingerprint density at radius 2 is 1.38 bits per heavy atom. The van der Waals surface area contributed by atoms with Crippen molar-refractivity contribution in [1.29, 1.82) is 0 Å². The number of para-hydroxylation sites is 1. The number of hydrogen-bond donors (Lipinski definition) is 0. The zero-order valence-corrected chi connectivity index (χ0v) is 18.4. The molecule has 6 rings (SSSR count). The van der Waals surface area contributed by atoms with E-state index in [-0.39, 0.29) is 5.92 Å². The molecule has 0 fully saturated rings. The monoisotopic (exact) mass is 435 g/mol. The van der Waals surface area contributed by atoms with Gasteiger partial charge in [-0.3, -0.25) is 0 Å². The largest absolute Gasteiger partial charge is 0.268 e. The minimum absolute atomic E-state index is 0.157. The van der Waals surface area contributed by atoms with Crippen LogP contribution in [0.1, 0.15) is 28.3 Å². The maximum atomic E-state index is 14.1. The fourth-order valence-corrected chi connectivity index (χ4v) is 6.52. The first-order valence-corrected chi connectivity index (χ1v) is 12.1. The molecular weight excluding hydrogens is 414 g/mol. The highest BCUT2D eigenvalue weighted by Crippen LogP contribution is 2.52. The van der Waals surface area contributed by atoms with Crippen LogP contribution in [0, 0.1) is 6.92 Å². The second kappa shape index (κ2) is 6.94. The SMILES string of the molecule is Cc1ccc(S(=O)(=O)n2c3c(c4ccccc42)-c2ccccc2C3c2ccccc2)cc1. The van der Waals surface area contributed by atoms with Gasteiger partial charge >= 0.3 is 0 Å². The Morgan fingerprint density at radius 3 is 2.16 bits per heavy atom. The second-order valence-corrected chi connectivity index (χ2v) is 10.1. The number of aromatic nitrogens is 1. The summed E-state index contributed by atoms with van der Waals surface area (Å²) in [5.41, 5.74) is 6.91. The number of fused-ring (bicyclic) bond motifs is 5. The van der Waals surface area contributed by atoms with Gasteiger partial charge in [-0.05, 0) is 41.8 Å². The Kier molecular flexibility index (Phi) is 4.14. The highest BCUT2D eigenvalue weighted by molar-refractivity contribution is 7.90. The molecule has 5 aromatic rings. The highest BCUT2D eigenvalue weighted by atomic mass is 32.2. The van der Waals surface area contributed by atoms with Crippen LogP contribution in [-0.2, 0) is 10.0 Å². The highest BCUT2D eigenvalue weighted by Gasteiger charge is 2.38. The Hall–Kier alpha value is -3.63. The van der Waals surface area contributed by atoms with Gasteiger partial charge in [-0.15, -0.1) is 0 Å². The van der Waals surface area contributed by atoms with E-state index >= 15 is 0 Å². The number of nitrogens with zero attached hydrogens (tertiary/aromatic N) is 1. The normalized spacial score (nSPS) is 15.0. The van der Waals surface area contributed by atoms with Gasteiger partial charge in [0.05, 0.1) is 22.0 Å². The van der Waals surface area contributed by atoms with Crippen molar-refractivity contribution in [3.05, 3.63) is 126 Å². The minimum atomic E-state index is -3.81. The molecule has 156 valence electrons. The van der Waals surface area contributed by atoms with Crippen molar-refractivity contribution >= 4 is 20.9 Å². The summed E-state index contributed by atoms with van der Waals surface area (Å²) in [6, 6.07) is 33.4. The van der Waals surface area contributed by atoms with Gasteiger partial charge in [-0.2, -0.15) is 0 Å². The molecule has 0 amide bonds. The summed E-state index contributed by atoms with van der Waals surface area (Å²) >= 11 is 0. The Balaban J connectivity index is 1.75. The quantitative estimate of drug-likeness (QED) is 0.325. The number of rotatable bonds is 3. The molecule has 0 aliphatic heterocycles. The molecule has 1 aliphatic carbocycles. The lowest BCUT2D eigenvalue weighted by Gasteiger charge is -2.19. The fraction of sp³-hybridized carbons (Fsp3) is 0.0714. The van der Waals surface area contributed by atoms with Crippen molar-refractivity contribution in [2.75, 3.05) is 0 Å². The standard InChI is InChI=1S/C28H21NO2S/c1-19-15-17-21(18-16-19)32(30,31)29-25-14-8-7-13-24(25)27-23-12-6-5-11-22(23)26(28(27)29)20-9-3-2-4-10-20/h2-18,26H,1H3. The van der Waals surface area contributed by atoms with Gasteiger partial charge in [0.25, 0.3) is 10.0 Å². The fourth-order valence-electron chi connectivity index (χ4n) is 4.96. The predicted octanol–water partition coefficient (Wildman–Crippen LogP) is 6.35. The molecule has 32 heavy (non-hydrogen) atoms. The van der Waals surface area contributed by atoms with Crippen molar-refractivity contribution in [3.63, 3.8) is 0 Å². The van der Waals surface area contributed by atoms with Gasteiger partial charge in [-0.1, -0.05) is 90.5 Å². The number of benzene rings is 4. The van der Waals surface area contributed by atoms with Crippen LogP contribution in [-0.4, -0.2) is 12.4 Å². The van der Waals surface area contributed by atoms with E-state index in [1.165, 1.54) is 0 Å². The summed E-state index contributed by atoms with van der Waals surface area (Å²) < 4.78 is 29.7. The lowest BCUT2D eigenvalue weighted by atomic mass is 9.92. The molecule has 1 atom stereocenters. The van der Waals surface area contributed by atoms with Gasteiger partial charge in [-0.25, -0.2) is 12.4 Å². The molecule has 0 spiro atoms. The zero-order valence-electron chi connectivity index (χ0n) is 17.6. The number of aryl methyl sites for hydroxylation is 1. The van der Waals surface area contributed by atoms with Crippen LogP contribution in [0.15, 0.2) is 108 Å². The first kappa shape index (κ1) is 19.1. The molecule has 0 saturated carbocycles. The van der Waals surface area contributed by atoms with E-state index in [0.29, 0.717) is 10.4 Å². The molecule has 0 radical (unpaired) electrons. The third-order valence-corrected chi connectivity index (χ3v) is 8.12. The summed E-state index contributed by atoms with van der Waals surface area (Å²) in [5.74, 6) is -0.157. The molecule has 0 saturated heterocycles. The first-order valence-electron chi connectivity index (χ1n) is 10.7. The van der Waals surface area contributed by atoms with Crippen LogP contribution in [0.3, 0.4) is 0 Å². The maximum Gasteiger partial charge on any atom is 0.268 e. The van der Waals surface area contributed by atoms with Crippen LogP contribution in [0.4, 0.5) is 0 Å². The molecule has 1 heterocycles. The van der Waals surface area contributed by atoms with Crippen LogP contribution >= 0.6 is 0 Å². The predicted molar refractivity (Wildman–Crippen MR) is 129 cm³/mol. The van der Waals surface area contributed by atoms with Crippen LogP contribution in [0.2, 0.25) is 0 Å². The molecule has 3 nitrogen and oxygen atoms in total. The van der Waals surface area contributed by atoms with E-state index in [2.05, 4.69) is 24.3 Å². The molecule has 0 N–H and O–H groups in total. The van der Waals surface area contributed by atoms with Crippen molar-refractivity contribution in [1.82, 2.24) is 3.97 Å². The summed E-state index contributed by atoms with van der Waals surface area (Å²) in [7, 11) is -3.81. The van der Waals surface area contributed by atoms with Crippen molar-refractivity contribution in [3.8, 4) is 11.1 Å². The van der Waals surface area contributed by atoms with Gasteiger partial charge in [0.2, 0.25) is 0 Å². The van der Waals surface area contributed by atoms with Gasteiger partial charge in [0.15, 0.2) is 0 Å². The molecule has 4 aromatic carbocycles. The van der Waals surface area contributed by atoms with Gasteiger partial charge < -0.3 is 0 Å². The van der Waals surface area contributed by atoms with Gasteiger partial charge in [0.1, 0.15) is 0 Å². The van der Waals surface area contributed by atoms with Crippen molar-refractivity contribution in [2.45, 2.75) is 17.7 Å². The third-order valence-electron chi connectivity index (χ3n) is 6.37. The maximum absolute atomic E-state index is 14.1. The van der Waals surface area contributed by atoms with Crippen LogP contribution in [0.25, 0.3) is 22.0 Å². The lowest BCUT2D eigenvalue weighted by Crippen LogP contribution is -2.18. The lowest BCUT2D eigenvalue weighted by molar-refractivity contribution is 0.587. The van der Waals surface area contributed by atoms with E-state index in [0.717, 1.165) is 38.9 Å². The average molecular weight is 436 g/mol. The molecule has 1 unspecified atom stereocenters. The van der Waals surface area contributed by atoms with Gasteiger partial charge in [0, 0.05) is 10.9 Å². The number of hydrogen-bond acceptors (Lipinski definition) is 2. The van der Waals surface area contributed by atoms with E-state index in [4.69, 9.17) is 0 Å². The van der Waals surface area contributed by atoms with Crippen molar-refractivity contribution < 1.29 is 8.42 Å². The average Bonchev–Trinajstić information content (AvgIpc) is 3.33. The molecular formula is C28H21NO2S. The zero-order chi connectivity index (χ0) is 21.9.